The first-order valence-corrected chi connectivity index (χ1v) is 7.13. The highest BCUT2D eigenvalue weighted by Gasteiger charge is 2.41. The Morgan fingerprint density at radius 2 is 2.06 bits per heavy atom. The molecule has 0 aliphatic heterocycles. The van der Waals surface area contributed by atoms with Gasteiger partial charge in [-0.05, 0) is 45.1 Å². The van der Waals surface area contributed by atoms with Crippen LogP contribution in [0.1, 0.15) is 46.0 Å². The zero-order chi connectivity index (χ0) is 12.5. The molecule has 3 nitrogen and oxygen atoms in total. The second-order valence-electron chi connectivity index (χ2n) is 6.52. The van der Waals surface area contributed by atoms with Gasteiger partial charge in [0.25, 0.3) is 0 Å². The maximum absolute atomic E-state index is 9.68. The van der Waals surface area contributed by atoms with E-state index >= 15 is 0 Å². The summed E-state index contributed by atoms with van der Waals surface area (Å²) in [5, 5.41) is 13.3. The molecule has 0 radical (unpaired) electrons. The van der Waals surface area contributed by atoms with Crippen molar-refractivity contribution in [3.63, 3.8) is 0 Å². The van der Waals surface area contributed by atoms with Crippen LogP contribution in [0, 0.1) is 5.92 Å². The zero-order valence-electron chi connectivity index (χ0n) is 11.6. The molecule has 2 rings (SSSR count). The van der Waals surface area contributed by atoms with Crippen molar-refractivity contribution in [3.8, 4) is 0 Å². The standard InChI is InChI=1S/C14H28N2O/c1-11(2)15-14(10-17)7-6-13(8-14)16(3)9-12-4-5-12/h11-13,15,17H,4-10H2,1-3H3. The second-order valence-corrected chi connectivity index (χ2v) is 6.52. The summed E-state index contributed by atoms with van der Waals surface area (Å²) in [7, 11) is 2.26. The molecule has 17 heavy (non-hydrogen) atoms. The van der Waals surface area contributed by atoms with Crippen molar-refractivity contribution in [2.24, 2.45) is 5.92 Å². The lowest BCUT2D eigenvalue weighted by Crippen LogP contribution is -2.50. The third-order valence-corrected chi connectivity index (χ3v) is 4.35. The minimum atomic E-state index is -0.0172. The number of hydrogen-bond donors (Lipinski definition) is 2. The molecule has 3 heteroatoms. The average molecular weight is 240 g/mol. The van der Waals surface area contributed by atoms with Gasteiger partial charge in [0, 0.05) is 24.2 Å². The van der Waals surface area contributed by atoms with E-state index < -0.39 is 0 Å². The fourth-order valence-corrected chi connectivity index (χ4v) is 3.26. The molecule has 100 valence electrons. The summed E-state index contributed by atoms with van der Waals surface area (Å²) in [4.78, 5) is 2.52. The number of aliphatic hydroxyl groups is 1. The maximum atomic E-state index is 9.68. The van der Waals surface area contributed by atoms with Gasteiger partial charge in [0.15, 0.2) is 0 Å². The largest absolute Gasteiger partial charge is 0.394 e. The second kappa shape index (κ2) is 5.25. The lowest BCUT2D eigenvalue weighted by molar-refractivity contribution is 0.141. The molecule has 0 bridgehead atoms. The maximum Gasteiger partial charge on any atom is 0.0614 e. The normalized spacial score (nSPS) is 33.9. The van der Waals surface area contributed by atoms with Gasteiger partial charge >= 0.3 is 0 Å². The fraction of sp³-hybridized carbons (Fsp3) is 1.00. The molecule has 2 aliphatic rings. The molecule has 2 saturated carbocycles. The Kier molecular flexibility index (Phi) is 4.11. The summed E-state index contributed by atoms with van der Waals surface area (Å²) in [5.74, 6) is 0.960. The lowest BCUT2D eigenvalue weighted by atomic mass is 9.97. The van der Waals surface area contributed by atoms with Crippen LogP contribution in [0.15, 0.2) is 0 Å². The number of rotatable bonds is 6. The summed E-state index contributed by atoms with van der Waals surface area (Å²) in [6.45, 7) is 5.87. The first-order valence-electron chi connectivity index (χ1n) is 7.13. The van der Waals surface area contributed by atoms with E-state index in [2.05, 4.69) is 31.1 Å². The number of nitrogens with zero attached hydrogens (tertiary/aromatic N) is 1. The van der Waals surface area contributed by atoms with Crippen LogP contribution in [0.2, 0.25) is 0 Å². The molecule has 2 unspecified atom stereocenters. The highest BCUT2D eigenvalue weighted by molar-refractivity contribution is 5.00. The molecule has 0 aromatic rings. The van der Waals surface area contributed by atoms with Crippen LogP contribution in [-0.2, 0) is 0 Å². The Bertz CT molecular complexity index is 253. The van der Waals surface area contributed by atoms with Gasteiger partial charge in [0.2, 0.25) is 0 Å². The van der Waals surface area contributed by atoms with Gasteiger partial charge in [-0.15, -0.1) is 0 Å². The van der Waals surface area contributed by atoms with Crippen LogP contribution in [0.25, 0.3) is 0 Å². The minimum absolute atomic E-state index is 0.0172. The van der Waals surface area contributed by atoms with Gasteiger partial charge in [-0.1, -0.05) is 13.8 Å². The average Bonchev–Trinajstić information content (AvgIpc) is 2.97. The summed E-state index contributed by atoms with van der Waals surface area (Å²) >= 11 is 0. The summed E-state index contributed by atoms with van der Waals surface area (Å²) < 4.78 is 0. The van der Waals surface area contributed by atoms with Crippen molar-refractivity contribution in [2.45, 2.75) is 63.6 Å². The molecule has 0 spiro atoms. The molecule has 2 N–H and O–H groups in total. The molecule has 0 amide bonds. The van der Waals surface area contributed by atoms with Crippen molar-refractivity contribution >= 4 is 0 Å². The van der Waals surface area contributed by atoms with E-state index in [1.807, 2.05) is 0 Å². The van der Waals surface area contributed by atoms with E-state index in [0.29, 0.717) is 12.1 Å². The van der Waals surface area contributed by atoms with Crippen LogP contribution in [-0.4, -0.2) is 47.8 Å². The van der Waals surface area contributed by atoms with Gasteiger partial charge in [-0.25, -0.2) is 0 Å². The van der Waals surface area contributed by atoms with Crippen molar-refractivity contribution < 1.29 is 5.11 Å². The van der Waals surface area contributed by atoms with Crippen molar-refractivity contribution in [1.29, 1.82) is 0 Å². The third-order valence-electron chi connectivity index (χ3n) is 4.35. The highest BCUT2D eigenvalue weighted by atomic mass is 16.3. The molecule has 2 aliphatic carbocycles. The monoisotopic (exact) mass is 240 g/mol. The summed E-state index contributed by atoms with van der Waals surface area (Å²) in [5.41, 5.74) is -0.0172. The van der Waals surface area contributed by atoms with E-state index in [-0.39, 0.29) is 12.1 Å². The molecule has 2 fully saturated rings. The van der Waals surface area contributed by atoms with Crippen molar-refractivity contribution in [1.82, 2.24) is 10.2 Å². The Morgan fingerprint density at radius 1 is 1.35 bits per heavy atom. The fourth-order valence-electron chi connectivity index (χ4n) is 3.26. The van der Waals surface area contributed by atoms with Crippen LogP contribution in [0.3, 0.4) is 0 Å². The van der Waals surface area contributed by atoms with Crippen LogP contribution in [0.4, 0.5) is 0 Å². The van der Waals surface area contributed by atoms with Gasteiger partial charge in [0.1, 0.15) is 0 Å². The SMILES string of the molecule is CC(C)NC1(CO)CCC(N(C)CC2CC2)C1. The van der Waals surface area contributed by atoms with Crippen LogP contribution < -0.4 is 5.32 Å². The molecular weight excluding hydrogens is 212 g/mol. The predicted octanol–water partition coefficient (Wildman–Crippen LogP) is 1.61. The lowest BCUT2D eigenvalue weighted by Gasteiger charge is -2.32. The quantitative estimate of drug-likeness (QED) is 0.740. The Labute approximate surface area is 106 Å². The minimum Gasteiger partial charge on any atom is -0.394 e. The first-order chi connectivity index (χ1) is 8.04. The van der Waals surface area contributed by atoms with E-state index in [4.69, 9.17) is 0 Å². The Hall–Kier alpha value is -0.120. The first kappa shape index (κ1) is 13.3. The topological polar surface area (TPSA) is 35.5 Å². The van der Waals surface area contributed by atoms with Crippen LogP contribution >= 0.6 is 0 Å². The molecule has 0 saturated heterocycles. The zero-order valence-corrected chi connectivity index (χ0v) is 11.6. The van der Waals surface area contributed by atoms with E-state index in [1.165, 1.54) is 25.8 Å². The van der Waals surface area contributed by atoms with Gasteiger partial charge in [0.05, 0.1) is 6.61 Å². The van der Waals surface area contributed by atoms with Gasteiger partial charge in [-0.3, -0.25) is 0 Å². The molecule has 0 heterocycles. The third kappa shape index (κ3) is 3.43. The van der Waals surface area contributed by atoms with Gasteiger partial charge < -0.3 is 15.3 Å². The van der Waals surface area contributed by atoms with Crippen LogP contribution in [0.5, 0.6) is 0 Å². The van der Waals surface area contributed by atoms with Crippen molar-refractivity contribution in [2.75, 3.05) is 20.2 Å². The predicted molar refractivity (Wildman–Crippen MR) is 71.1 cm³/mol. The number of aliphatic hydroxyl groups excluding tert-OH is 1. The van der Waals surface area contributed by atoms with E-state index in [1.54, 1.807) is 0 Å². The molecule has 0 aromatic carbocycles. The Morgan fingerprint density at radius 3 is 2.59 bits per heavy atom. The number of hydrogen-bond acceptors (Lipinski definition) is 3. The summed E-state index contributed by atoms with van der Waals surface area (Å²) in [6, 6.07) is 1.11. The van der Waals surface area contributed by atoms with Crippen molar-refractivity contribution in [3.05, 3.63) is 0 Å². The van der Waals surface area contributed by atoms with Gasteiger partial charge in [-0.2, -0.15) is 0 Å². The molecule has 2 atom stereocenters. The van der Waals surface area contributed by atoms with E-state index in [0.717, 1.165) is 18.8 Å². The summed E-state index contributed by atoms with van der Waals surface area (Å²) in [6.07, 6.45) is 6.29. The molecule has 0 aromatic heterocycles. The van der Waals surface area contributed by atoms with E-state index in [9.17, 15) is 5.11 Å². The number of nitrogens with one attached hydrogen (secondary N) is 1. The smallest absolute Gasteiger partial charge is 0.0614 e. The Balaban J connectivity index is 1.86. The highest BCUT2D eigenvalue weighted by Crippen LogP contribution is 2.36. The molecular formula is C14H28N2O.